The van der Waals surface area contributed by atoms with Gasteiger partial charge < -0.3 is 5.73 Å². The quantitative estimate of drug-likeness (QED) is 0.553. The highest BCUT2D eigenvalue weighted by Crippen LogP contribution is 2.22. The van der Waals surface area contributed by atoms with E-state index in [9.17, 15) is 13.2 Å². The molecule has 0 heterocycles. The van der Waals surface area contributed by atoms with Gasteiger partial charge in [0.2, 0.25) is 10.0 Å². The minimum atomic E-state index is -3.76. The molecule has 29 heavy (non-hydrogen) atoms. The Morgan fingerprint density at radius 1 is 0.759 bits per heavy atom. The number of benzene rings is 3. The summed E-state index contributed by atoms with van der Waals surface area (Å²) in [4.78, 5) is 11.9. The number of sulfonamides is 1. The van der Waals surface area contributed by atoms with Gasteiger partial charge in [-0.25, -0.2) is 8.42 Å². The summed E-state index contributed by atoms with van der Waals surface area (Å²) in [5, 5.41) is 0. The molecule has 0 unspecified atom stereocenters. The highest BCUT2D eigenvalue weighted by atomic mass is 35.5. The molecule has 0 radical (unpaired) electrons. The number of Topliss-reactive ketones (excluding diaryl/α,β-unsaturated/α-hetero) is 1. The molecule has 0 spiro atoms. The first kappa shape index (κ1) is 22.8. The third kappa shape index (κ3) is 5.74. The van der Waals surface area contributed by atoms with Crippen molar-refractivity contribution in [3.8, 4) is 0 Å². The van der Waals surface area contributed by atoms with Crippen molar-refractivity contribution in [1.29, 1.82) is 0 Å². The van der Waals surface area contributed by atoms with Crippen LogP contribution in [0.5, 0.6) is 0 Å². The Morgan fingerprint density at radius 2 is 1.21 bits per heavy atom. The lowest BCUT2D eigenvalue weighted by molar-refractivity contribution is 0.100. The zero-order chi connectivity index (χ0) is 20.0. The highest BCUT2D eigenvalue weighted by molar-refractivity contribution is 7.89. The van der Waals surface area contributed by atoms with Gasteiger partial charge in [-0.05, 0) is 23.3 Å². The summed E-state index contributed by atoms with van der Waals surface area (Å²) >= 11 is 0. The lowest BCUT2D eigenvalue weighted by Gasteiger charge is -2.23. The number of rotatable bonds is 8. The van der Waals surface area contributed by atoms with Gasteiger partial charge in [0, 0.05) is 18.7 Å². The van der Waals surface area contributed by atoms with Gasteiger partial charge in [0.05, 0.1) is 11.4 Å². The van der Waals surface area contributed by atoms with Crippen LogP contribution in [0.25, 0.3) is 0 Å². The summed E-state index contributed by atoms with van der Waals surface area (Å²) in [6.45, 7) is 0.392. The number of carbonyl (C=O) groups is 1. The summed E-state index contributed by atoms with van der Waals surface area (Å²) in [7, 11) is -3.76. The van der Waals surface area contributed by atoms with Crippen LogP contribution in [0, 0.1) is 0 Å². The molecule has 0 amide bonds. The van der Waals surface area contributed by atoms with E-state index in [1.807, 2.05) is 60.7 Å². The van der Waals surface area contributed by atoms with Gasteiger partial charge >= 0.3 is 0 Å². The minimum absolute atomic E-state index is 0. The van der Waals surface area contributed by atoms with Gasteiger partial charge in [-0.15, -0.1) is 12.4 Å². The van der Waals surface area contributed by atoms with Crippen molar-refractivity contribution in [1.82, 2.24) is 4.31 Å². The number of hydrogen-bond donors (Lipinski definition) is 1. The molecule has 0 aliphatic heterocycles. The van der Waals surface area contributed by atoms with Crippen molar-refractivity contribution < 1.29 is 13.2 Å². The predicted molar refractivity (Wildman–Crippen MR) is 116 cm³/mol. The Kier molecular flexibility index (Phi) is 8.10. The van der Waals surface area contributed by atoms with Crippen molar-refractivity contribution in [2.75, 3.05) is 6.54 Å². The van der Waals surface area contributed by atoms with Crippen LogP contribution in [-0.2, 0) is 23.1 Å². The second-order valence-corrected chi connectivity index (χ2v) is 8.33. The van der Waals surface area contributed by atoms with Gasteiger partial charge in [0.1, 0.15) is 0 Å². The van der Waals surface area contributed by atoms with E-state index in [4.69, 9.17) is 5.73 Å². The Hall–Kier alpha value is -2.51. The molecule has 2 N–H and O–H groups in total. The van der Waals surface area contributed by atoms with Crippen LogP contribution in [-0.4, -0.2) is 25.1 Å². The maximum absolute atomic E-state index is 13.3. The normalized spacial score (nSPS) is 11.1. The molecule has 152 valence electrons. The summed E-state index contributed by atoms with van der Waals surface area (Å²) in [6.07, 6.45) is 0. The van der Waals surface area contributed by atoms with E-state index in [0.29, 0.717) is 5.56 Å². The fourth-order valence-corrected chi connectivity index (χ4v) is 4.30. The van der Waals surface area contributed by atoms with Gasteiger partial charge in [0.15, 0.2) is 5.78 Å². The van der Waals surface area contributed by atoms with Crippen LogP contribution in [0.3, 0.4) is 0 Å². The van der Waals surface area contributed by atoms with Crippen molar-refractivity contribution in [2.45, 2.75) is 18.0 Å². The van der Waals surface area contributed by atoms with E-state index in [-0.39, 0.29) is 42.7 Å². The molecule has 7 heteroatoms. The molecule has 3 aromatic carbocycles. The van der Waals surface area contributed by atoms with E-state index >= 15 is 0 Å². The molecule has 0 aliphatic rings. The molecule has 0 saturated carbocycles. The molecule has 0 atom stereocenters. The average molecular weight is 431 g/mol. The number of halogens is 1. The highest BCUT2D eigenvalue weighted by Gasteiger charge is 2.25. The number of carbonyl (C=O) groups excluding carboxylic acids is 1. The summed E-state index contributed by atoms with van der Waals surface area (Å²) in [5.41, 5.74) is 7.57. The maximum atomic E-state index is 13.3. The monoisotopic (exact) mass is 430 g/mol. The van der Waals surface area contributed by atoms with Gasteiger partial charge in [-0.3, -0.25) is 4.79 Å². The van der Waals surface area contributed by atoms with Gasteiger partial charge in [-0.1, -0.05) is 72.8 Å². The fraction of sp³-hybridized carbons (Fsp3) is 0.136. The van der Waals surface area contributed by atoms with Crippen LogP contribution in [0.2, 0.25) is 0 Å². The minimum Gasteiger partial charge on any atom is -0.324 e. The van der Waals surface area contributed by atoms with Crippen LogP contribution in [0.4, 0.5) is 0 Å². The first-order valence-electron chi connectivity index (χ1n) is 8.92. The molecule has 0 aliphatic carbocycles. The molecular weight excluding hydrogens is 408 g/mol. The summed E-state index contributed by atoms with van der Waals surface area (Å²) in [5.74, 6) is -0.227. The molecule has 0 bridgehead atoms. The van der Waals surface area contributed by atoms with E-state index in [1.165, 1.54) is 28.6 Å². The van der Waals surface area contributed by atoms with Gasteiger partial charge in [0.25, 0.3) is 0 Å². The third-order valence-corrected chi connectivity index (χ3v) is 6.21. The second-order valence-electron chi connectivity index (χ2n) is 6.40. The first-order chi connectivity index (χ1) is 13.5. The Labute approximate surface area is 177 Å². The lowest BCUT2D eigenvalue weighted by atomic mass is 10.1. The lowest BCUT2D eigenvalue weighted by Crippen LogP contribution is -2.30. The smallest absolute Gasteiger partial charge is 0.243 e. The third-order valence-electron chi connectivity index (χ3n) is 4.40. The van der Waals surface area contributed by atoms with E-state index in [0.717, 1.165) is 11.1 Å². The molecule has 0 aromatic heterocycles. The zero-order valence-corrected chi connectivity index (χ0v) is 17.4. The molecule has 3 rings (SSSR count). The van der Waals surface area contributed by atoms with Crippen molar-refractivity contribution in [2.24, 2.45) is 5.73 Å². The van der Waals surface area contributed by atoms with E-state index in [1.54, 1.807) is 0 Å². The molecule has 5 nitrogen and oxygen atoms in total. The predicted octanol–water partition coefficient (Wildman–Crippen LogP) is 3.64. The summed E-state index contributed by atoms with van der Waals surface area (Å²) in [6, 6.07) is 24.9. The molecule has 0 fully saturated rings. The maximum Gasteiger partial charge on any atom is 0.243 e. The number of hydrogen-bond acceptors (Lipinski definition) is 4. The van der Waals surface area contributed by atoms with Crippen LogP contribution >= 0.6 is 12.4 Å². The van der Waals surface area contributed by atoms with Crippen LogP contribution in [0.15, 0.2) is 89.8 Å². The molecule has 0 saturated heterocycles. The Morgan fingerprint density at radius 3 is 1.62 bits per heavy atom. The Bertz CT molecular complexity index is 983. The van der Waals surface area contributed by atoms with Crippen molar-refractivity contribution in [3.05, 3.63) is 102 Å². The van der Waals surface area contributed by atoms with E-state index < -0.39 is 10.0 Å². The second kappa shape index (κ2) is 10.3. The zero-order valence-electron chi connectivity index (χ0n) is 15.8. The van der Waals surface area contributed by atoms with Crippen molar-refractivity contribution in [3.63, 3.8) is 0 Å². The number of nitrogens with two attached hydrogens (primary N) is 1. The molecular formula is C22H23ClN2O3S. The van der Waals surface area contributed by atoms with E-state index in [2.05, 4.69) is 0 Å². The average Bonchev–Trinajstić information content (AvgIpc) is 2.74. The largest absolute Gasteiger partial charge is 0.324 e. The van der Waals surface area contributed by atoms with Crippen LogP contribution in [0.1, 0.15) is 21.5 Å². The Balaban J connectivity index is 0.00000300. The topological polar surface area (TPSA) is 80.5 Å². The first-order valence-corrected chi connectivity index (χ1v) is 10.4. The molecule has 3 aromatic rings. The number of ketones is 1. The van der Waals surface area contributed by atoms with Crippen molar-refractivity contribution >= 4 is 28.2 Å². The summed E-state index contributed by atoms with van der Waals surface area (Å²) < 4.78 is 28.1. The standard InChI is InChI=1S/C22H22N2O3S.ClH/c23-15-22(25)20-11-13-21(14-12-20)28(26,27)24(16-18-7-3-1-4-8-18)17-19-9-5-2-6-10-19;/h1-14H,15-17,23H2;1H. The number of nitrogens with zero attached hydrogens (tertiary/aromatic N) is 1. The van der Waals surface area contributed by atoms with Crippen LogP contribution < -0.4 is 5.73 Å². The SMILES string of the molecule is Cl.NCC(=O)c1ccc(S(=O)(=O)N(Cc2ccccc2)Cc2ccccc2)cc1. The fourth-order valence-electron chi connectivity index (χ4n) is 2.88. The van der Waals surface area contributed by atoms with Gasteiger partial charge in [-0.2, -0.15) is 4.31 Å².